The van der Waals surface area contributed by atoms with Gasteiger partial charge in [0.05, 0.1) is 11.2 Å². The summed E-state index contributed by atoms with van der Waals surface area (Å²) in [6, 6.07) is 10.2. The van der Waals surface area contributed by atoms with Gasteiger partial charge in [-0.25, -0.2) is 9.97 Å². The molecule has 0 bridgehead atoms. The Morgan fingerprint density at radius 3 is 2.85 bits per heavy atom. The fraction of sp³-hybridized carbons (Fsp3) is 0.188. The molecule has 0 atom stereocenters. The average Bonchev–Trinajstić information content (AvgIpc) is 2.49. The Kier molecular flexibility index (Phi) is 3.29. The van der Waals surface area contributed by atoms with E-state index in [4.69, 9.17) is 0 Å². The van der Waals surface area contributed by atoms with Gasteiger partial charge in [0.2, 0.25) is 0 Å². The van der Waals surface area contributed by atoms with Gasteiger partial charge in [-0.1, -0.05) is 12.1 Å². The highest BCUT2D eigenvalue weighted by atomic mass is 15.0. The van der Waals surface area contributed by atoms with Gasteiger partial charge in [0, 0.05) is 29.3 Å². The number of fused-ring (bicyclic) bond motifs is 1. The predicted molar refractivity (Wildman–Crippen MR) is 81.7 cm³/mol. The summed E-state index contributed by atoms with van der Waals surface area (Å²) in [6.07, 6.45) is 3.41. The van der Waals surface area contributed by atoms with E-state index in [9.17, 15) is 0 Å². The Balaban J connectivity index is 2.13. The van der Waals surface area contributed by atoms with Crippen molar-refractivity contribution in [3.63, 3.8) is 0 Å². The Morgan fingerprint density at radius 2 is 2.00 bits per heavy atom. The molecule has 4 heteroatoms. The molecule has 0 fully saturated rings. The predicted octanol–water partition coefficient (Wildman–Crippen LogP) is 3.43. The molecule has 100 valence electrons. The second kappa shape index (κ2) is 5.25. The molecule has 0 aliphatic carbocycles. The highest BCUT2D eigenvalue weighted by Crippen LogP contribution is 2.27. The Hall–Kier alpha value is -2.49. The molecule has 2 aromatic heterocycles. The number of hydrogen-bond acceptors (Lipinski definition) is 4. The van der Waals surface area contributed by atoms with E-state index >= 15 is 0 Å². The highest BCUT2D eigenvalue weighted by molar-refractivity contribution is 5.84. The number of anilines is 1. The summed E-state index contributed by atoms with van der Waals surface area (Å²) in [5.41, 5.74) is 4.11. The van der Waals surface area contributed by atoms with Crippen molar-refractivity contribution in [1.82, 2.24) is 15.0 Å². The minimum absolute atomic E-state index is 0.846. The van der Waals surface area contributed by atoms with Crippen LogP contribution in [0.25, 0.3) is 22.2 Å². The molecule has 0 radical (unpaired) electrons. The summed E-state index contributed by atoms with van der Waals surface area (Å²) < 4.78 is 0. The molecule has 0 spiro atoms. The van der Waals surface area contributed by atoms with E-state index in [-0.39, 0.29) is 0 Å². The molecule has 0 amide bonds. The number of hydrogen-bond donors (Lipinski definition) is 1. The Bertz CT molecular complexity index is 752. The molecule has 2 heterocycles. The molecule has 3 aromatic rings. The van der Waals surface area contributed by atoms with E-state index in [1.165, 1.54) is 0 Å². The van der Waals surface area contributed by atoms with Crippen LogP contribution >= 0.6 is 0 Å². The van der Waals surface area contributed by atoms with E-state index in [2.05, 4.69) is 45.4 Å². The van der Waals surface area contributed by atoms with Crippen molar-refractivity contribution in [1.29, 1.82) is 0 Å². The van der Waals surface area contributed by atoms with Gasteiger partial charge in [0.25, 0.3) is 0 Å². The van der Waals surface area contributed by atoms with Crippen LogP contribution in [0.1, 0.15) is 12.5 Å². The van der Waals surface area contributed by atoms with Crippen LogP contribution in [0, 0.1) is 6.92 Å². The number of benzene rings is 1. The quantitative estimate of drug-likeness (QED) is 0.787. The van der Waals surface area contributed by atoms with E-state index in [1.54, 1.807) is 12.5 Å². The minimum atomic E-state index is 0.846. The normalized spacial score (nSPS) is 10.7. The van der Waals surface area contributed by atoms with E-state index in [1.807, 2.05) is 19.1 Å². The summed E-state index contributed by atoms with van der Waals surface area (Å²) in [6.45, 7) is 4.95. The molecular weight excluding hydrogens is 248 g/mol. The molecule has 0 aliphatic heterocycles. The second-order valence-electron chi connectivity index (χ2n) is 4.64. The molecule has 1 N–H and O–H groups in total. The second-order valence-corrected chi connectivity index (χ2v) is 4.64. The molecule has 0 aliphatic rings. The number of aromatic nitrogens is 3. The Morgan fingerprint density at radius 1 is 1.10 bits per heavy atom. The molecule has 4 nitrogen and oxygen atoms in total. The molecule has 0 saturated carbocycles. The third-order valence-corrected chi connectivity index (χ3v) is 3.30. The van der Waals surface area contributed by atoms with Gasteiger partial charge in [-0.2, -0.15) is 0 Å². The van der Waals surface area contributed by atoms with Crippen LogP contribution in [0.2, 0.25) is 0 Å². The number of pyridine rings is 1. The third-order valence-electron chi connectivity index (χ3n) is 3.30. The van der Waals surface area contributed by atoms with Gasteiger partial charge in [0.1, 0.15) is 12.1 Å². The number of nitrogens with zero attached hydrogens (tertiary/aromatic N) is 3. The molecule has 0 saturated heterocycles. The maximum absolute atomic E-state index is 4.43. The zero-order valence-electron chi connectivity index (χ0n) is 11.6. The van der Waals surface area contributed by atoms with Crippen molar-refractivity contribution >= 4 is 16.7 Å². The van der Waals surface area contributed by atoms with Crippen LogP contribution in [0.5, 0.6) is 0 Å². The van der Waals surface area contributed by atoms with Crippen molar-refractivity contribution in [2.24, 2.45) is 0 Å². The average molecular weight is 264 g/mol. The van der Waals surface area contributed by atoms with E-state index in [0.717, 1.165) is 40.1 Å². The van der Waals surface area contributed by atoms with Crippen molar-refractivity contribution < 1.29 is 0 Å². The van der Waals surface area contributed by atoms with Crippen LogP contribution in [-0.4, -0.2) is 21.5 Å². The van der Waals surface area contributed by atoms with Crippen LogP contribution < -0.4 is 5.32 Å². The smallest absolute Gasteiger partial charge is 0.132 e. The summed E-state index contributed by atoms with van der Waals surface area (Å²) in [4.78, 5) is 13.0. The standard InChI is InChI=1S/C16H16N4/c1-3-17-16-11(2)15(19-10-20-16)13-6-7-14-12(9-13)5-4-8-18-14/h4-10H,3H2,1-2H3,(H,17,19,20). The van der Waals surface area contributed by atoms with Crippen LogP contribution in [0.4, 0.5) is 5.82 Å². The fourth-order valence-electron chi connectivity index (χ4n) is 2.31. The SMILES string of the molecule is CCNc1ncnc(-c2ccc3ncccc3c2)c1C. The maximum atomic E-state index is 4.43. The van der Waals surface area contributed by atoms with Gasteiger partial charge in [-0.05, 0) is 32.0 Å². The van der Waals surface area contributed by atoms with Crippen LogP contribution in [0.15, 0.2) is 42.9 Å². The lowest BCUT2D eigenvalue weighted by molar-refractivity contribution is 1.09. The number of rotatable bonds is 3. The van der Waals surface area contributed by atoms with Gasteiger partial charge in [0.15, 0.2) is 0 Å². The van der Waals surface area contributed by atoms with Gasteiger partial charge in [-0.15, -0.1) is 0 Å². The van der Waals surface area contributed by atoms with E-state index < -0.39 is 0 Å². The molecule has 3 rings (SSSR count). The first kappa shape index (κ1) is 12.5. The first-order valence-corrected chi connectivity index (χ1v) is 6.70. The largest absolute Gasteiger partial charge is 0.370 e. The van der Waals surface area contributed by atoms with Gasteiger partial charge < -0.3 is 5.32 Å². The van der Waals surface area contributed by atoms with Gasteiger partial charge >= 0.3 is 0 Å². The zero-order valence-corrected chi connectivity index (χ0v) is 11.6. The fourth-order valence-corrected chi connectivity index (χ4v) is 2.31. The lowest BCUT2D eigenvalue weighted by Gasteiger charge is -2.10. The van der Waals surface area contributed by atoms with Crippen molar-refractivity contribution in [3.05, 3.63) is 48.4 Å². The summed E-state index contributed by atoms with van der Waals surface area (Å²) in [5, 5.41) is 4.38. The maximum Gasteiger partial charge on any atom is 0.132 e. The van der Waals surface area contributed by atoms with Gasteiger partial charge in [-0.3, -0.25) is 4.98 Å². The first-order valence-electron chi connectivity index (χ1n) is 6.70. The lowest BCUT2D eigenvalue weighted by atomic mass is 10.0. The van der Waals surface area contributed by atoms with Crippen molar-refractivity contribution in [2.45, 2.75) is 13.8 Å². The molecule has 1 aromatic carbocycles. The lowest BCUT2D eigenvalue weighted by Crippen LogP contribution is -2.03. The minimum Gasteiger partial charge on any atom is -0.370 e. The zero-order chi connectivity index (χ0) is 13.9. The number of nitrogens with one attached hydrogen (secondary N) is 1. The summed E-state index contributed by atoms with van der Waals surface area (Å²) in [7, 11) is 0. The van der Waals surface area contributed by atoms with Crippen molar-refractivity contribution in [3.8, 4) is 11.3 Å². The van der Waals surface area contributed by atoms with Crippen LogP contribution in [0.3, 0.4) is 0 Å². The molecular formula is C16H16N4. The molecule has 20 heavy (non-hydrogen) atoms. The Labute approximate surface area is 117 Å². The first-order chi connectivity index (χ1) is 9.79. The topological polar surface area (TPSA) is 50.7 Å². The summed E-state index contributed by atoms with van der Waals surface area (Å²) in [5.74, 6) is 0.892. The van der Waals surface area contributed by atoms with Crippen molar-refractivity contribution in [2.75, 3.05) is 11.9 Å². The van der Waals surface area contributed by atoms with E-state index in [0.29, 0.717) is 0 Å². The third kappa shape index (κ3) is 2.20. The summed E-state index contributed by atoms with van der Waals surface area (Å²) >= 11 is 0. The monoisotopic (exact) mass is 264 g/mol. The highest BCUT2D eigenvalue weighted by Gasteiger charge is 2.09. The molecule has 0 unspecified atom stereocenters. The van der Waals surface area contributed by atoms with Crippen LogP contribution in [-0.2, 0) is 0 Å².